The lowest BCUT2D eigenvalue weighted by atomic mass is 10.2. The van der Waals surface area contributed by atoms with E-state index in [1.807, 2.05) is 7.05 Å². The summed E-state index contributed by atoms with van der Waals surface area (Å²) in [7, 11) is 3.52. The molecule has 2 N–H and O–H groups in total. The first-order valence-corrected chi connectivity index (χ1v) is 5.13. The van der Waals surface area contributed by atoms with Crippen molar-refractivity contribution in [1.82, 2.24) is 10.4 Å². The molecule has 90 valence electrons. The molecule has 2 heterocycles. The quantitative estimate of drug-likeness (QED) is 0.602. The van der Waals surface area contributed by atoms with Crippen LogP contribution in [0.3, 0.4) is 0 Å². The molecule has 2 aliphatic rings. The summed E-state index contributed by atoms with van der Waals surface area (Å²) >= 11 is 0. The maximum Gasteiger partial charge on any atom is 0.192 e. The van der Waals surface area contributed by atoms with Crippen molar-refractivity contribution in [3.05, 3.63) is 0 Å². The molecular weight excluding hydrogens is 212 g/mol. The average Bonchev–Trinajstić information content (AvgIpc) is 2.85. The van der Waals surface area contributed by atoms with Crippen molar-refractivity contribution >= 4 is 11.5 Å². The number of rotatable bonds is 3. The third-order valence-corrected chi connectivity index (χ3v) is 2.72. The fraction of sp³-hybridized carbons (Fsp3) is 0.778. The number of aliphatic hydroxyl groups excluding tert-OH is 1. The molecule has 0 bridgehead atoms. The predicted molar refractivity (Wildman–Crippen MR) is 58.0 cm³/mol. The molecule has 7 heteroatoms. The molecule has 0 spiro atoms. The molecule has 0 aromatic rings. The Labute approximate surface area is 93.7 Å². The van der Waals surface area contributed by atoms with Crippen LogP contribution in [0.2, 0.25) is 0 Å². The lowest BCUT2D eigenvalue weighted by molar-refractivity contribution is -0.00596. The second kappa shape index (κ2) is 4.77. The van der Waals surface area contributed by atoms with Gasteiger partial charge in [0.15, 0.2) is 6.23 Å². The SMILES string of the molecule is CON=C1CC(C2N=C(CO)NO2)N(C)C1. The van der Waals surface area contributed by atoms with Gasteiger partial charge in [-0.2, -0.15) is 0 Å². The van der Waals surface area contributed by atoms with Gasteiger partial charge in [0.25, 0.3) is 0 Å². The van der Waals surface area contributed by atoms with Gasteiger partial charge in [-0.05, 0) is 7.05 Å². The Morgan fingerprint density at radius 1 is 1.75 bits per heavy atom. The van der Waals surface area contributed by atoms with Crippen LogP contribution in [0, 0.1) is 0 Å². The van der Waals surface area contributed by atoms with Gasteiger partial charge in [-0.25, -0.2) is 15.3 Å². The van der Waals surface area contributed by atoms with E-state index >= 15 is 0 Å². The standard InChI is InChI=1S/C9H16N4O3/c1-13-4-6(11-15-2)3-7(13)9-10-8(5-14)12-16-9/h7,9,14H,3-5H2,1-2H3,(H,10,12). The van der Waals surface area contributed by atoms with Crippen LogP contribution in [0.1, 0.15) is 6.42 Å². The first kappa shape index (κ1) is 11.3. The van der Waals surface area contributed by atoms with Gasteiger partial charge in [0.2, 0.25) is 0 Å². The zero-order valence-corrected chi connectivity index (χ0v) is 9.38. The number of aliphatic imine (C=N–C) groups is 1. The van der Waals surface area contributed by atoms with E-state index in [1.165, 1.54) is 7.11 Å². The summed E-state index contributed by atoms with van der Waals surface area (Å²) in [4.78, 5) is 16.4. The van der Waals surface area contributed by atoms with Crippen LogP contribution >= 0.6 is 0 Å². The molecule has 2 aliphatic heterocycles. The maximum atomic E-state index is 8.90. The summed E-state index contributed by atoms with van der Waals surface area (Å²) in [6.45, 7) is 0.619. The van der Waals surface area contributed by atoms with E-state index in [0.29, 0.717) is 5.84 Å². The van der Waals surface area contributed by atoms with Crippen molar-refractivity contribution in [2.24, 2.45) is 10.1 Å². The average molecular weight is 228 g/mol. The molecule has 0 aromatic carbocycles. The smallest absolute Gasteiger partial charge is 0.192 e. The normalized spacial score (nSPS) is 32.9. The van der Waals surface area contributed by atoms with Gasteiger partial charge in [-0.15, -0.1) is 0 Å². The van der Waals surface area contributed by atoms with Crippen molar-refractivity contribution in [1.29, 1.82) is 0 Å². The molecule has 0 aliphatic carbocycles. The van der Waals surface area contributed by atoms with E-state index in [-0.39, 0.29) is 18.9 Å². The minimum absolute atomic E-state index is 0.130. The molecule has 16 heavy (non-hydrogen) atoms. The number of oxime groups is 1. The molecular formula is C9H16N4O3. The molecule has 1 fully saturated rings. The monoisotopic (exact) mass is 228 g/mol. The van der Waals surface area contributed by atoms with Crippen LogP contribution in [0.15, 0.2) is 10.1 Å². The van der Waals surface area contributed by atoms with Gasteiger partial charge >= 0.3 is 0 Å². The Morgan fingerprint density at radius 3 is 3.19 bits per heavy atom. The minimum Gasteiger partial charge on any atom is -0.399 e. The van der Waals surface area contributed by atoms with Crippen LogP contribution in [0.4, 0.5) is 0 Å². The molecule has 2 atom stereocenters. The number of likely N-dealkylation sites (N-methyl/N-ethyl adjacent to an activating group) is 1. The van der Waals surface area contributed by atoms with Crippen molar-refractivity contribution in [3.8, 4) is 0 Å². The third-order valence-electron chi connectivity index (χ3n) is 2.72. The minimum atomic E-state index is -0.295. The molecule has 2 rings (SSSR count). The Hall–Kier alpha value is -1.18. The van der Waals surface area contributed by atoms with E-state index in [9.17, 15) is 0 Å². The summed E-state index contributed by atoms with van der Waals surface area (Å²) in [5.41, 5.74) is 3.58. The molecule has 2 unspecified atom stereocenters. The van der Waals surface area contributed by atoms with Gasteiger partial charge in [-0.3, -0.25) is 4.90 Å². The van der Waals surface area contributed by atoms with Crippen molar-refractivity contribution in [2.75, 3.05) is 27.3 Å². The van der Waals surface area contributed by atoms with Gasteiger partial charge in [0.05, 0.1) is 11.8 Å². The Balaban J connectivity index is 2.01. The molecule has 0 aromatic heterocycles. The summed E-state index contributed by atoms with van der Waals surface area (Å²) in [5, 5.41) is 12.8. The highest BCUT2D eigenvalue weighted by Crippen LogP contribution is 2.21. The number of hydrogen-bond acceptors (Lipinski definition) is 7. The Bertz CT molecular complexity index is 318. The van der Waals surface area contributed by atoms with E-state index < -0.39 is 0 Å². The summed E-state index contributed by atoms with van der Waals surface area (Å²) < 4.78 is 0. The van der Waals surface area contributed by atoms with E-state index in [1.54, 1.807) is 0 Å². The van der Waals surface area contributed by atoms with Crippen LogP contribution in [0.25, 0.3) is 0 Å². The molecule has 0 saturated carbocycles. The van der Waals surface area contributed by atoms with E-state index in [0.717, 1.165) is 18.7 Å². The van der Waals surface area contributed by atoms with Crippen molar-refractivity contribution in [2.45, 2.75) is 18.7 Å². The maximum absolute atomic E-state index is 8.90. The van der Waals surface area contributed by atoms with Crippen LogP contribution in [0.5, 0.6) is 0 Å². The highest BCUT2D eigenvalue weighted by atomic mass is 16.7. The highest BCUT2D eigenvalue weighted by molar-refractivity contribution is 5.89. The topological polar surface area (TPSA) is 78.7 Å². The molecule has 1 saturated heterocycles. The third kappa shape index (κ3) is 2.16. The van der Waals surface area contributed by atoms with Gasteiger partial charge in [0, 0.05) is 13.0 Å². The van der Waals surface area contributed by atoms with E-state index in [4.69, 9.17) is 14.8 Å². The number of aliphatic hydroxyl groups is 1. The molecule has 0 amide bonds. The largest absolute Gasteiger partial charge is 0.399 e. The fourth-order valence-corrected chi connectivity index (χ4v) is 1.95. The number of amidine groups is 1. The summed E-state index contributed by atoms with van der Waals surface area (Å²) in [6.07, 6.45) is 0.468. The fourth-order valence-electron chi connectivity index (χ4n) is 1.95. The van der Waals surface area contributed by atoms with Gasteiger partial charge < -0.3 is 9.94 Å². The lowest BCUT2D eigenvalue weighted by Gasteiger charge is -2.21. The Morgan fingerprint density at radius 2 is 2.56 bits per heavy atom. The van der Waals surface area contributed by atoms with Crippen molar-refractivity contribution in [3.63, 3.8) is 0 Å². The predicted octanol–water partition coefficient (Wildman–Crippen LogP) is -1.06. The summed E-state index contributed by atoms with van der Waals surface area (Å²) in [5.74, 6) is 0.468. The van der Waals surface area contributed by atoms with Gasteiger partial charge in [-0.1, -0.05) is 5.16 Å². The lowest BCUT2D eigenvalue weighted by Crippen LogP contribution is -2.36. The second-order valence-corrected chi connectivity index (χ2v) is 3.87. The number of nitrogens with zero attached hydrogens (tertiary/aromatic N) is 3. The Kier molecular flexibility index (Phi) is 3.37. The summed E-state index contributed by atoms with van der Waals surface area (Å²) in [6, 6.07) is 0.130. The number of hydroxylamine groups is 1. The van der Waals surface area contributed by atoms with Crippen LogP contribution in [-0.2, 0) is 9.68 Å². The van der Waals surface area contributed by atoms with Crippen LogP contribution < -0.4 is 5.48 Å². The van der Waals surface area contributed by atoms with Gasteiger partial charge in [0.1, 0.15) is 19.6 Å². The number of hydrogen-bond donors (Lipinski definition) is 2. The zero-order valence-electron chi connectivity index (χ0n) is 9.38. The second-order valence-electron chi connectivity index (χ2n) is 3.87. The number of nitrogens with one attached hydrogen (secondary N) is 1. The highest BCUT2D eigenvalue weighted by Gasteiger charge is 2.36. The molecule has 7 nitrogen and oxygen atoms in total. The van der Waals surface area contributed by atoms with E-state index in [2.05, 4.69) is 20.5 Å². The zero-order chi connectivity index (χ0) is 11.5. The molecule has 0 radical (unpaired) electrons. The first-order valence-electron chi connectivity index (χ1n) is 5.13. The van der Waals surface area contributed by atoms with Crippen LogP contribution in [-0.4, -0.2) is 61.1 Å². The van der Waals surface area contributed by atoms with Crippen molar-refractivity contribution < 1.29 is 14.8 Å². The number of likely N-dealkylation sites (tertiary alicyclic amines) is 1. The first-order chi connectivity index (χ1) is 7.74.